The molecule has 1 aromatic rings. The van der Waals surface area contributed by atoms with E-state index in [4.69, 9.17) is 9.47 Å². The van der Waals surface area contributed by atoms with Gasteiger partial charge in [-0.05, 0) is 37.8 Å². The maximum Gasteiger partial charge on any atom is 0.211 e. The first-order chi connectivity index (χ1) is 13.3. The van der Waals surface area contributed by atoms with Crippen LogP contribution in [0.3, 0.4) is 0 Å². The van der Waals surface area contributed by atoms with Crippen molar-refractivity contribution < 1.29 is 17.9 Å². The zero-order chi connectivity index (χ0) is 20.6. The molecule has 29 heavy (non-hydrogen) atoms. The molecule has 1 saturated heterocycles. The van der Waals surface area contributed by atoms with Crippen LogP contribution in [0.15, 0.2) is 29.3 Å². The van der Waals surface area contributed by atoms with Gasteiger partial charge in [0.1, 0.15) is 17.6 Å². The van der Waals surface area contributed by atoms with E-state index in [9.17, 15) is 8.42 Å². The van der Waals surface area contributed by atoms with Gasteiger partial charge in [-0.1, -0.05) is 6.07 Å². The molecular weight excluding hydrogens is 507 g/mol. The van der Waals surface area contributed by atoms with Gasteiger partial charge in [0.15, 0.2) is 5.96 Å². The maximum absolute atomic E-state index is 11.6. The van der Waals surface area contributed by atoms with Crippen molar-refractivity contribution in [3.8, 4) is 11.5 Å². The largest absolute Gasteiger partial charge is 0.497 e. The molecule has 1 aliphatic rings. The molecule has 0 radical (unpaired) electrons. The minimum Gasteiger partial charge on any atom is -0.497 e. The smallest absolute Gasteiger partial charge is 0.211 e. The van der Waals surface area contributed by atoms with E-state index in [1.54, 1.807) is 18.5 Å². The predicted octanol–water partition coefficient (Wildman–Crippen LogP) is 1.92. The lowest BCUT2D eigenvalue weighted by Gasteiger charge is -2.30. The molecule has 1 heterocycles. The molecule has 2 N–H and O–H groups in total. The Morgan fingerprint density at radius 3 is 2.52 bits per heavy atom. The maximum atomic E-state index is 11.6. The van der Waals surface area contributed by atoms with Crippen molar-refractivity contribution in [2.45, 2.75) is 25.9 Å². The molecule has 1 atom stereocenters. The number of rotatable bonds is 8. The summed E-state index contributed by atoms with van der Waals surface area (Å²) in [6.45, 7) is 4.53. The molecule has 0 aliphatic carbocycles. The van der Waals surface area contributed by atoms with E-state index in [2.05, 4.69) is 15.6 Å². The van der Waals surface area contributed by atoms with Gasteiger partial charge >= 0.3 is 0 Å². The average Bonchev–Trinajstić information content (AvgIpc) is 2.68. The zero-order valence-electron chi connectivity index (χ0n) is 17.6. The Balaban J connectivity index is 0.00000420. The van der Waals surface area contributed by atoms with E-state index in [1.807, 2.05) is 31.2 Å². The number of nitrogens with one attached hydrogen (secondary N) is 2. The first-order valence-electron chi connectivity index (χ1n) is 9.52. The third-order valence-corrected chi connectivity index (χ3v) is 6.06. The first kappa shape index (κ1) is 25.8. The van der Waals surface area contributed by atoms with Gasteiger partial charge in [0.05, 0.1) is 19.9 Å². The highest BCUT2D eigenvalue weighted by atomic mass is 127. The molecule has 1 aliphatic heterocycles. The standard InChI is InChI=1S/C19H32N4O4S.HI/c1-15(27-18-7-5-6-17(12-18)26-3)13-21-19(20-2)22-14-16-8-10-23(11-9-16)28(4,24)25;/h5-7,12,15-16H,8-11,13-14H2,1-4H3,(H2,20,21,22);1H. The minimum absolute atomic E-state index is 0. The summed E-state index contributed by atoms with van der Waals surface area (Å²) in [6, 6.07) is 7.52. The van der Waals surface area contributed by atoms with Crippen LogP contribution in [0.1, 0.15) is 19.8 Å². The van der Waals surface area contributed by atoms with E-state index < -0.39 is 10.0 Å². The van der Waals surface area contributed by atoms with Crippen LogP contribution in [-0.4, -0.2) is 71.4 Å². The number of hydrogen-bond acceptors (Lipinski definition) is 5. The van der Waals surface area contributed by atoms with Gasteiger partial charge in [0, 0.05) is 32.7 Å². The second-order valence-corrected chi connectivity index (χ2v) is 9.03. The third kappa shape index (κ3) is 8.95. The van der Waals surface area contributed by atoms with Gasteiger partial charge in [0.25, 0.3) is 0 Å². The zero-order valence-corrected chi connectivity index (χ0v) is 20.7. The monoisotopic (exact) mass is 540 g/mol. The van der Waals surface area contributed by atoms with Crippen LogP contribution in [-0.2, 0) is 10.0 Å². The second kappa shape index (κ2) is 12.4. The number of aliphatic imine (C=N–C) groups is 1. The summed E-state index contributed by atoms with van der Waals surface area (Å²) in [4.78, 5) is 4.25. The fourth-order valence-electron chi connectivity index (χ4n) is 3.10. The molecule has 0 amide bonds. The van der Waals surface area contributed by atoms with Crippen LogP contribution in [0.25, 0.3) is 0 Å². The first-order valence-corrected chi connectivity index (χ1v) is 11.4. The van der Waals surface area contributed by atoms with Crippen molar-refractivity contribution in [3.63, 3.8) is 0 Å². The predicted molar refractivity (Wildman–Crippen MR) is 127 cm³/mol. The molecule has 1 unspecified atom stereocenters. The van der Waals surface area contributed by atoms with Crippen molar-refractivity contribution in [2.75, 3.05) is 46.6 Å². The summed E-state index contributed by atoms with van der Waals surface area (Å²) in [5.41, 5.74) is 0. The Bertz CT molecular complexity index is 752. The molecule has 8 nitrogen and oxygen atoms in total. The minimum atomic E-state index is -3.08. The molecular formula is C19H33IN4O4S. The average molecular weight is 540 g/mol. The lowest BCUT2D eigenvalue weighted by Crippen LogP contribution is -2.45. The van der Waals surface area contributed by atoms with Crippen molar-refractivity contribution in [1.82, 2.24) is 14.9 Å². The number of benzene rings is 1. The highest BCUT2D eigenvalue weighted by Gasteiger charge is 2.24. The number of halogens is 1. The van der Waals surface area contributed by atoms with Crippen LogP contribution in [0.4, 0.5) is 0 Å². The Morgan fingerprint density at radius 1 is 1.28 bits per heavy atom. The molecule has 1 fully saturated rings. The molecule has 1 aromatic carbocycles. The Hall–Kier alpha value is -1.27. The van der Waals surface area contributed by atoms with Gasteiger partial charge in [0.2, 0.25) is 10.0 Å². The number of sulfonamides is 1. The summed E-state index contributed by atoms with van der Waals surface area (Å²) in [5.74, 6) is 2.67. The van der Waals surface area contributed by atoms with Crippen molar-refractivity contribution >= 4 is 40.0 Å². The molecule has 0 saturated carbocycles. The summed E-state index contributed by atoms with van der Waals surface area (Å²) < 4.78 is 35.8. The molecule has 2 rings (SSSR count). The molecule has 0 aromatic heterocycles. The second-order valence-electron chi connectivity index (χ2n) is 7.05. The van der Waals surface area contributed by atoms with E-state index in [1.165, 1.54) is 6.26 Å². The molecule has 166 valence electrons. The van der Waals surface area contributed by atoms with Gasteiger partial charge in [-0.2, -0.15) is 0 Å². The van der Waals surface area contributed by atoms with E-state index >= 15 is 0 Å². The van der Waals surface area contributed by atoms with Gasteiger partial charge < -0.3 is 20.1 Å². The lowest BCUT2D eigenvalue weighted by molar-refractivity contribution is 0.222. The lowest BCUT2D eigenvalue weighted by atomic mass is 9.98. The molecule has 0 spiro atoms. The number of nitrogens with zero attached hydrogens (tertiary/aromatic N) is 2. The Kier molecular flexibility index (Phi) is 11.0. The van der Waals surface area contributed by atoms with Crippen LogP contribution < -0.4 is 20.1 Å². The van der Waals surface area contributed by atoms with Gasteiger partial charge in [-0.25, -0.2) is 12.7 Å². The molecule has 10 heteroatoms. The van der Waals surface area contributed by atoms with Crippen molar-refractivity contribution in [1.29, 1.82) is 0 Å². The van der Waals surface area contributed by atoms with Crippen LogP contribution >= 0.6 is 24.0 Å². The van der Waals surface area contributed by atoms with Crippen molar-refractivity contribution in [3.05, 3.63) is 24.3 Å². The fraction of sp³-hybridized carbons (Fsp3) is 0.632. The SMILES string of the molecule is CN=C(NCC1CCN(S(C)(=O)=O)CC1)NCC(C)Oc1cccc(OC)c1.I. The fourth-order valence-corrected chi connectivity index (χ4v) is 3.97. The normalized spacial score (nSPS) is 17.2. The number of ether oxygens (including phenoxy) is 2. The number of guanidine groups is 1. The van der Waals surface area contributed by atoms with Gasteiger partial charge in [-0.15, -0.1) is 24.0 Å². The van der Waals surface area contributed by atoms with E-state index in [0.717, 1.165) is 30.9 Å². The van der Waals surface area contributed by atoms with Crippen LogP contribution in [0.5, 0.6) is 11.5 Å². The van der Waals surface area contributed by atoms with Gasteiger partial charge in [-0.3, -0.25) is 4.99 Å². The summed E-state index contributed by atoms with van der Waals surface area (Å²) in [6.07, 6.45) is 2.92. The van der Waals surface area contributed by atoms with E-state index in [0.29, 0.717) is 31.5 Å². The quantitative estimate of drug-likeness (QED) is 0.298. The van der Waals surface area contributed by atoms with Crippen molar-refractivity contribution in [2.24, 2.45) is 10.9 Å². The highest BCUT2D eigenvalue weighted by Crippen LogP contribution is 2.20. The summed E-state index contributed by atoms with van der Waals surface area (Å²) in [5, 5.41) is 6.59. The number of methoxy groups -OCH3 is 1. The van der Waals surface area contributed by atoms with Crippen LogP contribution in [0.2, 0.25) is 0 Å². The van der Waals surface area contributed by atoms with Crippen LogP contribution in [0, 0.1) is 5.92 Å². The Labute approximate surface area is 191 Å². The summed E-state index contributed by atoms with van der Waals surface area (Å²) >= 11 is 0. The summed E-state index contributed by atoms with van der Waals surface area (Å²) in [7, 11) is 0.282. The topological polar surface area (TPSA) is 92.3 Å². The number of piperidine rings is 1. The highest BCUT2D eigenvalue weighted by molar-refractivity contribution is 14.0. The molecule has 0 bridgehead atoms. The third-order valence-electron chi connectivity index (χ3n) is 4.76. The van der Waals surface area contributed by atoms with E-state index in [-0.39, 0.29) is 30.1 Å². The number of hydrogen-bond donors (Lipinski definition) is 2. The Morgan fingerprint density at radius 2 is 1.93 bits per heavy atom.